The van der Waals surface area contributed by atoms with Gasteiger partial charge in [-0.1, -0.05) is 0 Å². The summed E-state index contributed by atoms with van der Waals surface area (Å²) in [4.78, 5) is 35.7. The van der Waals surface area contributed by atoms with Gasteiger partial charge in [-0.15, -0.1) is 0 Å². The minimum absolute atomic E-state index is 0.0133. The third-order valence-corrected chi connectivity index (χ3v) is 5.60. The van der Waals surface area contributed by atoms with Crippen LogP contribution < -0.4 is 5.32 Å². The summed E-state index contributed by atoms with van der Waals surface area (Å²) < 4.78 is 5.33. The normalized spacial score (nSPS) is 27.3. The van der Waals surface area contributed by atoms with Crippen LogP contribution in [0.4, 0.5) is 0 Å². The first-order chi connectivity index (χ1) is 12.4. The van der Waals surface area contributed by atoms with E-state index in [4.69, 9.17) is 9.72 Å². The maximum atomic E-state index is 12.7. The van der Waals surface area contributed by atoms with Crippen molar-refractivity contribution in [2.45, 2.75) is 57.6 Å². The molecular weight excluding hydrogens is 332 g/mol. The van der Waals surface area contributed by atoms with Gasteiger partial charge < -0.3 is 15.0 Å². The van der Waals surface area contributed by atoms with E-state index in [1.165, 1.54) is 0 Å². The van der Waals surface area contributed by atoms with Crippen molar-refractivity contribution in [1.82, 2.24) is 20.2 Å². The molecule has 0 saturated carbocycles. The van der Waals surface area contributed by atoms with E-state index in [0.29, 0.717) is 25.4 Å². The van der Waals surface area contributed by atoms with E-state index in [1.54, 1.807) is 0 Å². The highest BCUT2D eigenvalue weighted by Gasteiger charge is 2.41. The van der Waals surface area contributed by atoms with Crippen LogP contribution in [-0.2, 0) is 27.3 Å². The molecule has 1 N–H and O–H groups in total. The number of amides is 1. The first-order valence-corrected chi connectivity index (χ1v) is 9.47. The second-order valence-corrected chi connectivity index (χ2v) is 8.24. The molecule has 2 saturated heterocycles. The van der Waals surface area contributed by atoms with E-state index < -0.39 is 5.60 Å². The maximum absolute atomic E-state index is 12.7. The number of aromatic nitrogens is 2. The highest BCUT2D eigenvalue weighted by atomic mass is 16.6. The summed E-state index contributed by atoms with van der Waals surface area (Å²) in [5, 5.41) is 3.35. The predicted molar refractivity (Wildman–Crippen MR) is 94.3 cm³/mol. The summed E-state index contributed by atoms with van der Waals surface area (Å²) in [6.07, 6.45) is 4.53. The largest absolute Gasteiger partial charge is 0.459 e. The van der Waals surface area contributed by atoms with Gasteiger partial charge in [0.15, 0.2) is 0 Å². The zero-order chi connectivity index (χ0) is 18.3. The standard InChI is InChI=1S/C19H26N4O3/c1-19(2)8-13(18(25)26-19)7-16(24)23-6-4-15-14(11-23)10-21-17(22-15)12-3-5-20-9-12/h10,12-13,20H,3-9,11H2,1-2H3/t12-,13+/m0/s1. The topological polar surface area (TPSA) is 84.4 Å². The summed E-state index contributed by atoms with van der Waals surface area (Å²) in [6, 6.07) is 0. The lowest BCUT2D eigenvalue weighted by molar-refractivity contribution is -0.150. The van der Waals surface area contributed by atoms with Crippen LogP contribution in [-0.4, -0.2) is 52.0 Å². The monoisotopic (exact) mass is 358 g/mol. The molecule has 7 nitrogen and oxygen atoms in total. The maximum Gasteiger partial charge on any atom is 0.310 e. The summed E-state index contributed by atoms with van der Waals surface area (Å²) in [6.45, 7) is 6.92. The van der Waals surface area contributed by atoms with Crippen molar-refractivity contribution in [3.8, 4) is 0 Å². The van der Waals surface area contributed by atoms with Crippen molar-refractivity contribution >= 4 is 11.9 Å². The highest BCUT2D eigenvalue weighted by Crippen LogP contribution is 2.33. The van der Waals surface area contributed by atoms with Crippen molar-refractivity contribution in [2.24, 2.45) is 5.92 Å². The van der Waals surface area contributed by atoms with E-state index in [9.17, 15) is 9.59 Å². The number of nitrogens with one attached hydrogen (secondary N) is 1. The molecule has 3 aliphatic heterocycles. The molecule has 7 heteroatoms. The van der Waals surface area contributed by atoms with Crippen molar-refractivity contribution < 1.29 is 14.3 Å². The Balaban J connectivity index is 1.40. The van der Waals surface area contributed by atoms with Gasteiger partial charge in [-0.05, 0) is 26.8 Å². The molecule has 1 aromatic rings. The lowest BCUT2D eigenvalue weighted by Gasteiger charge is -2.29. The van der Waals surface area contributed by atoms with Gasteiger partial charge in [0, 0.05) is 56.6 Å². The van der Waals surface area contributed by atoms with E-state index in [-0.39, 0.29) is 24.2 Å². The molecule has 26 heavy (non-hydrogen) atoms. The van der Waals surface area contributed by atoms with Gasteiger partial charge in [-0.3, -0.25) is 9.59 Å². The Hall–Kier alpha value is -2.02. The molecule has 140 valence electrons. The zero-order valence-electron chi connectivity index (χ0n) is 15.5. The lowest BCUT2D eigenvalue weighted by atomic mass is 9.94. The first kappa shape index (κ1) is 17.4. The number of carbonyl (C=O) groups excluding carboxylic acids is 2. The zero-order valence-corrected chi connectivity index (χ0v) is 15.5. The van der Waals surface area contributed by atoms with Crippen LogP contribution in [0.5, 0.6) is 0 Å². The summed E-state index contributed by atoms with van der Waals surface area (Å²) >= 11 is 0. The smallest absolute Gasteiger partial charge is 0.310 e. The van der Waals surface area contributed by atoms with Crippen LogP contribution in [0, 0.1) is 5.92 Å². The second-order valence-electron chi connectivity index (χ2n) is 8.24. The number of nitrogens with zero attached hydrogens (tertiary/aromatic N) is 3. The molecule has 0 aliphatic carbocycles. The molecule has 3 aliphatic rings. The molecule has 2 fully saturated rings. The summed E-state index contributed by atoms with van der Waals surface area (Å²) in [5.41, 5.74) is 1.62. The predicted octanol–water partition coefficient (Wildman–Crippen LogP) is 1.17. The summed E-state index contributed by atoms with van der Waals surface area (Å²) in [5.74, 6) is 0.756. The Morgan fingerprint density at radius 1 is 1.46 bits per heavy atom. The van der Waals surface area contributed by atoms with Crippen LogP contribution >= 0.6 is 0 Å². The van der Waals surface area contributed by atoms with Gasteiger partial charge in [0.2, 0.25) is 5.91 Å². The number of hydrogen-bond donors (Lipinski definition) is 1. The van der Waals surface area contributed by atoms with E-state index in [2.05, 4.69) is 10.3 Å². The lowest BCUT2D eigenvalue weighted by Crippen LogP contribution is -2.38. The number of ether oxygens (including phenoxy) is 1. The Morgan fingerprint density at radius 3 is 3.00 bits per heavy atom. The molecule has 1 aromatic heterocycles. The molecule has 0 unspecified atom stereocenters. The fraction of sp³-hybridized carbons (Fsp3) is 0.684. The Morgan fingerprint density at radius 2 is 2.31 bits per heavy atom. The molecule has 0 radical (unpaired) electrons. The molecule has 0 aromatic carbocycles. The number of rotatable bonds is 3. The van der Waals surface area contributed by atoms with Crippen LogP contribution in [0.3, 0.4) is 0 Å². The highest BCUT2D eigenvalue weighted by molar-refractivity contribution is 5.84. The van der Waals surface area contributed by atoms with Gasteiger partial charge >= 0.3 is 5.97 Å². The fourth-order valence-corrected chi connectivity index (χ4v) is 4.19. The molecule has 0 bridgehead atoms. The number of cyclic esters (lactones) is 1. The van der Waals surface area contributed by atoms with Crippen LogP contribution in [0.15, 0.2) is 6.20 Å². The van der Waals surface area contributed by atoms with Gasteiger partial charge in [-0.2, -0.15) is 0 Å². The molecule has 4 rings (SSSR count). The van der Waals surface area contributed by atoms with Gasteiger partial charge in [0.05, 0.1) is 11.6 Å². The van der Waals surface area contributed by atoms with Gasteiger partial charge in [0.1, 0.15) is 11.4 Å². The number of fused-ring (bicyclic) bond motifs is 1. The van der Waals surface area contributed by atoms with Crippen LogP contribution in [0.2, 0.25) is 0 Å². The fourth-order valence-electron chi connectivity index (χ4n) is 4.19. The van der Waals surface area contributed by atoms with Gasteiger partial charge in [-0.25, -0.2) is 9.97 Å². The minimum atomic E-state index is -0.462. The van der Waals surface area contributed by atoms with E-state index in [1.807, 2.05) is 24.9 Å². The third-order valence-electron chi connectivity index (χ3n) is 5.60. The Kier molecular flexibility index (Phi) is 4.42. The minimum Gasteiger partial charge on any atom is -0.459 e. The third kappa shape index (κ3) is 3.45. The quantitative estimate of drug-likeness (QED) is 0.817. The average Bonchev–Trinajstić information content (AvgIpc) is 3.22. The molecule has 1 amide bonds. The second kappa shape index (κ2) is 6.61. The van der Waals surface area contributed by atoms with Crippen molar-refractivity contribution in [3.63, 3.8) is 0 Å². The van der Waals surface area contributed by atoms with Crippen LogP contribution in [0.1, 0.15) is 56.1 Å². The Bertz CT molecular complexity index is 727. The van der Waals surface area contributed by atoms with Crippen molar-refractivity contribution in [2.75, 3.05) is 19.6 Å². The van der Waals surface area contributed by atoms with E-state index >= 15 is 0 Å². The molecule has 4 heterocycles. The molecule has 2 atom stereocenters. The summed E-state index contributed by atoms with van der Waals surface area (Å²) in [7, 11) is 0. The van der Waals surface area contributed by atoms with Crippen molar-refractivity contribution in [3.05, 3.63) is 23.3 Å². The first-order valence-electron chi connectivity index (χ1n) is 9.47. The number of esters is 1. The molecule has 0 spiro atoms. The van der Waals surface area contributed by atoms with E-state index in [0.717, 1.165) is 43.0 Å². The molecular formula is C19H26N4O3. The Labute approximate surface area is 153 Å². The number of carbonyl (C=O) groups is 2. The van der Waals surface area contributed by atoms with Crippen LogP contribution in [0.25, 0.3) is 0 Å². The van der Waals surface area contributed by atoms with Gasteiger partial charge in [0.25, 0.3) is 0 Å². The van der Waals surface area contributed by atoms with Crippen molar-refractivity contribution in [1.29, 1.82) is 0 Å². The average molecular weight is 358 g/mol. The SMILES string of the molecule is CC1(C)C[C@@H](CC(=O)N2CCc3nc([C@H]4CCNC4)ncc3C2)C(=O)O1. The number of hydrogen-bond acceptors (Lipinski definition) is 6.